The summed E-state index contributed by atoms with van der Waals surface area (Å²) in [6.07, 6.45) is -1.10. The molecule has 1 aliphatic heterocycles. The predicted molar refractivity (Wildman–Crippen MR) is 66.9 cm³/mol. The van der Waals surface area contributed by atoms with Crippen molar-refractivity contribution >= 4 is 23.2 Å². The molecule has 0 bridgehead atoms. The van der Waals surface area contributed by atoms with Crippen molar-refractivity contribution in [2.24, 2.45) is 0 Å². The van der Waals surface area contributed by atoms with Crippen LogP contribution in [0.4, 0.5) is 5.69 Å². The molecule has 0 radical (unpaired) electrons. The molecule has 1 aliphatic rings. The van der Waals surface area contributed by atoms with Crippen molar-refractivity contribution in [2.75, 3.05) is 4.90 Å². The van der Waals surface area contributed by atoms with Gasteiger partial charge in [0.05, 0.1) is 16.1 Å². The lowest BCUT2D eigenvalue weighted by atomic mass is 10.1. The van der Waals surface area contributed by atoms with Gasteiger partial charge in [0.2, 0.25) is 5.91 Å². The van der Waals surface area contributed by atoms with Gasteiger partial charge in [0, 0.05) is 5.69 Å². The standard InChI is InChI=1S/C12H12ClN3O2/c1-12(2)10(17)16(11(18)15-12)8-4-3-7(6-14)9(13)5-8/h3-5,11,15,18H,1-2H3. The monoisotopic (exact) mass is 265 g/mol. The Morgan fingerprint density at radius 2 is 2.22 bits per heavy atom. The summed E-state index contributed by atoms with van der Waals surface area (Å²) in [6, 6.07) is 6.52. The van der Waals surface area contributed by atoms with Crippen LogP contribution in [0, 0.1) is 11.3 Å². The number of carbonyl (C=O) groups is 1. The lowest BCUT2D eigenvalue weighted by molar-refractivity contribution is -0.121. The van der Waals surface area contributed by atoms with E-state index in [0.29, 0.717) is 11.3 Å². The van der Waals surface area contributed by atoms with E-state index in [0.717, 1.165) is 0 Å². The molecule has 0 saturated carbocycles. The average molecular weight is 266 g/mol. The van der Waals surface area contributed by atoms with Crippen molar-refractivity contribution in [3.8, 4) is 6.07 Å². The van der Waals surface area contributed by atoms with Crippen LogP contribution in [0.1, 0.15) is 19.4 Å². The quantitative estimate of drug-likeness (QED) is 0.800. The Bertz CT molecular complexity index is 551. The summed E-state index contributed by atoms with van der Waals surface area (Å²) < 4.78 is 0. The number of halogens is 1. The Kier molecular flexibility index (Phi) is 3.03. The van der Waals surface area contributed by atoms with Gasteiger partial charge in [-0.3, -0.25) is 15.0 Å². The number of aliphatic hydroxyl groups excluding tert-OH is 1. The second kappa shape index (κ2) is 4.25. The van der Waals surface area contributed by atoms with Crippen LogP contribution < -0.4 is 10.2 Å². The Labute approximate surface area is 110 Å². The molecular formula is C12H12ClN3O2. The lowest BCUT2D eigenvalue weighted by Gasteiger charge is -2.20. The number of nitrogens with one attached hydrogen (secondary N) is 1. The zero-order valence-corrected chi connectivity index (χ0v) is 10.7. The molecule has 1 aromatic rings. The van der Waals surface area contributed by atoms with E-state index in [1.54, 1.807) is 19.9 Å². The highest BCUT2D eigenvalue weighted by Crippen LogP contribution is 2.29. The Hall–Kier alpha value is -1.61. The summed E-state index contributed by atoms with van der Waals surface area (Å²) in [5, 5.41) is 21.6. The predicted octanol–water partition coefficient (Wildman–Crippen LogP) is 1.20. The number of hydrogen-bond donors (Lipinski definition) is 2. The SMILES string of the molecule is CC1(C)NC(O)N(c2ccc(C#N)c(Cl)c2)C1=O. The highest BCUT2D eigenvalue weighted by Gasteiger charge is 2.44. The number of hydrogen-bond acceptors (Lipinski definition) is 4. The van der Waals surface area contributed by atoms with Gasteiger partial charge in [0.15, 0.2) is 6.35 Å². The summed E-state index contributed by atoms with van der Waals surface area (Å²) in [5.41, 5.74) is -0.0527. The van der Waals surface area contributed by atoms with Crippen molar-refractivity contribution in [3.05, 3.63) is 28.8 Å². The van der Waals surface area contributed by atoms with E-state index < -0.39 is 11.9 Å². The van der Waals surface area contributed by atoms with Crippen LogP contribution in [0.2, 0.25) is 5.02 Å². The first-order valence-corrected chi connectivity index (χ1v) is 5.73. The fraction of sp³-hybridized carbons (Fsp3) is 0.333. The van der Waals surface area contributed by atoms with Gasteiger partial charge in [-0.1, -0.05) is 11.6 Å². The number of nitrogens with zero attached hydrogens (tertiary/aromatic N) is 2. The first-order chi connectivity index (χ1) is 8.36. The molecule has 1 unspecified atom stereocenters. The smallest absolute Gasteiger partial charge is 0.250 e. The van der Waals surface area contributed by atoms with Gasteiger partial charge < -0.3 is 5.11 Å². The van der Waals surface area contributed by atoms with Crippen molar-refractivity contribution in [2.45, 2.75) is 25.7 Å². The molecule has 1 aromatic carbocycles. The molecule has 6 heteroatoms. The van der Waals surface area contributed by atoms with E-state index in [4.69, 9.17) is 16.9 Å². The van der Waals surface area contributed by atoms with E-state index in [2.05, 4.69) is 5.32 Å². The maximum Gasteiger partial charge on any atom is 0.250 e. The minimum absolute atomic E-state index is 0.250. The van der Waals surface area contributed by atoms with Crippen molar-refractivity contribution < 1.29 is 9.90 Å². The van der Waals surface area contributed by atoms with Gasteiger partial charge in [-0.25, -0.2) is 0 Å². The molecule has 2 rings (SSSR count). The third-order valence-electron chi connectivity index (χ3n) is 2.84. The van der Waals surface area contributed by atoms with Crippen molar-refractivity contribution in [1.29, 1.82) is 5.26 Å². The second-order valence-corrected chi connectivity index (χ2v) is 5.00. The topological polar surface area (TPSA) is 76.4 Å². The van der Waals surface area contributed by atoms with Crippen LogP contribution in [-0.2, 0) is 4.79 Å². The second-order valence-electron chi connectivity index (χ2n) is 4.59. The third kappa shape index (κ3) is 1.95. The largest absolute Gasteiger partial charge is 0.360 e. The van der Waals surface area contributed by atoms with Gasteiger partial charge in [-0.2, -0.15) is 5.26 Å². The summed E-state index contributed by atoms with van der Waals surface area (Å²) in [7, 11) is 0. The molecule has 18 heavy (non-hydrogen) atoms. The highest BCUT2D eigenvalue weighted by atomic mass is 35.5. The first kappa shape index (κ1) is 12.8. The van der Waals surface area contributed by atoms with Gasteiger partial charge in [0.1, 0.15) is 6.07 Å². The number of benzene rings is 1. The van der Waals surface area contributed by atoms with Crippen LogP contribution in [-0.4, -0.2) is 22.9 Å². The van der Waals surface area contributed by atoms with Crippen LogP contribution >= 0.6 is 11.6 Å². The number of anilines is 1. The summed E-state index contributed by atoms with van der Waals surface area (Å²) in [4.78, 5) is 13.3. The maximum atomic E-state index is 12.1. The van der Waals surface area contributed by atoms with Gasteiger partial charge in [-0.15, -0.1) is 0 Å². The van der Waals surface area contributed by atoms with Gasteiger partial charge in [0.25, 0.3) is 0 Å². The molecule has 0 spiro atoms. The number of carbonyl (C=O) groups excluding carboxylic acids is 1. The van der Waals surface area contributed by atoms with Crippen LogP contribution in [0.5, 0.6) is 0 Å². The van der Waals surface area contributed by atoms with Gasteiger partial charge in [-0.05, 0) is 32.0 Å². The van der Waals surface area contributed by atoms with Crippen LogP contribution in [0.25, 0.3) is 0 Å². The van der Waals surface area contributed by atoms with Crippen LogP contribution in [0.15, 0.2) is 18.2 Å². The van der Waals surface area contributed by atoms with E-state index in [1.165, 1.54) is 17.0 Å². The van der Waals surface area contributed by atoms with Gasteiger partial charge >= 0.3 is 0 Å². The lowest BCUT2D eigenvalue weighted by Crippen LogP contribution is -2.41. The molecule has 0 aromatic heterocycles. The molecule has 0 aliphatic carbocycles. The molecule has 1 amide bonds. The Morgan fingerprint density at radius 1 is 1.56 bits per heavy atom. The molecule has 1 atom stereocenters. The summed E-state index contributed by atoms with van der Waals surface area (Å²) in [5.74, 6) is -0.254. The molecular weight excluding hydrogens is 254 g/mol. The molecule has 1 saturated heterocycles. The maximum absolute atomic E-state index is 12.1. The molecule has 1 heterocycles. The fourth-order valence-electron chi connectivity index (χ4n) is 1.86. The van der Waals surface area contributed by atoms with E-state index in [9.17, 15) is 9.90 Å². The normalized spacial score (nSPS) is 22.1. The minimum Gasteiger partial charge on any atom is -0.360 e. The van der Waals surface area contributed by atoms with Crippen molar-refractivity contribution in [3.63, 3.8) is 0 Å². The number of aliphatic hydroxyl groups is 1. The number of nitriles is 1. The van der Waals surface area contributed by atoms with E-state index >= 15 is 0 Å². The Morgan fingerprint density at radius 3 is 2.67 bits per heavy atom. The highest BCUT2D eigenvalue weighted by molar-refractivity contribution is 6.32. The zero-order chi connectivity index (χ0) is 13.5. The molecule has 94 valence electrons. The molecule has 2 N–H and O–H groups in total. The van der Waals surface area contributed by atoms with Crippen LogP contribution in [0.3, 0.4) is 0 Å². The van der Waals surface area contributed by atoms with E-state index in [1.807, 2.05) is 6.07 Å². The fourth-order valence-corrected chi connectivity index (χ4v) is 2.08. The first-order valence-electron chi connectivity index (χ1n) is 5.36. The molecule has 5 nitrogen and oxygen atoms in total. The van der Waals surface area contributed by atoms with E-state index in [-0.39, 0.29) is 10.9 Å². The zero-order valence-electron chi connectivity index (χ0n) is 9.94. The third-order valence-corrected chi connectivity index (χ3v) is 3.15. The Balaban J connectivity index is 2.42. The van der Waals surface area contributed by atoms with Crippen molar-refractivity contribution in [1.82, 2.24) is 5.32 Å². The average Bonchev–Trinajstić information content (AvgIpc) is 2.48. The number of rotatable bonds is 1. The summed E-state index contributed by atoms with van der Waals surface area (Å²) >= 11 is 5.91. The minimum atomic E-state index is -1.10. The molecule has 1 fully saturated rings. The summed E-state index contributed by atoms with van der Waals surface area (Å²) in [6.45, 7) is 3.37. The number of amides is 1.